The van der Waals surface area contributed by atoms with Crippen molar-refractivity contribution < 1.29 is 14.1 Å². The van der Waals surface area contributed by atoms with E-state index in [1.54, 1.807) is 17.0 Å². The molecule has 0 saturated carbocycles. The molecule has 1 fully saturated rings. The number of aromatic nitrogens is 2. The van der Waals surface area contributed by atoms with Crippen molar-refractivity contribution in [3.63, 3.8) is 0 Å². The average molecular weight is 577 g/mol. The fraction of sp³-hybridized carbons (Fsp3) is 0.524. The van der Waals surface area contributed by atoms with Gasteiger partial charge in [0.1, 0.15) is 0 Å². The van der Waals surface area contributed by atoms with Crippen LogP contribution in [0.4, 0.5) is 4.79 Å². The van der Waals surface area contributed by atoms with Crippen LogP contribution in [0.2, 0.25) is 5.02 Å². The number of rotatable bonds is 7. The van der Waals surface area contributed by atoms with Crippen molar-refractivity contribution in [1.29, 1.82) is 0 Å². The van der Waals surface area contributed by atoms with Gasteiger partial charge in [0.15, 0.2) is 5.96 Å². The van der Waals surface area contributed by atoms with E-state index in [1.807, 2.05) is 26.0 Å². The van der Waals surface area contributed by atoms with Crippen molar-refractivity contribution in [2.24, 2.45) is 4.99 Å². The summed E-state index contributed by atoms with van der Waals surface area (Å²) in [5.41, 5.74) is 0.854. The normalized spacial score (nSPS) is 14.6. The molecule has 1 aromatic heterocycles. The van der Waals surface area contributed by atoms with E-state index in [2.05, 4.69) is 25.8 Å². The van der Waals surface area contributed by atoms with E-state index < -0.39 is 0 Å². The molecule has 176 valence electrons. The minimum atomic E-state index is -0.237. The maximum atomic E-state index is 11.8. The van der Waals surface area contributed by atoms with Crippen LogP contribution < -0.4 is 10.6 Å². The number of hydrogen-bond donors (Lipinski definition) is 2. The molecule has 2 aromatic rings. The number of carbonyl (C=O) groups excluding carboxylic acids is 1. The van der Waals surface area contributed by atoms with Crippen LogP contribution in [-0.2, 0) is 11.2 Å². The monoisotopic (exact) mass is 576 g/mol. The van der Waals surface area contributed by atoms with E-state index in [0.717, 1.165) is 30.9 Å². The van der Waals surface area contributed by atoms with E-state index >= 15 is 0 Å². The van der Waals surface area contributed by atoms with Crippen LogP contribution in [0.3, 0.4) is 0 Å². The third kappa shape index (κ3) is 7.80. The molecule has 0 spiro atoms. The maximum absolute atomic E-state index is 11.8. The molecule has 0 bridgehead atoms. The maximum Gasteiger partial charge on any atom is 0.409 e. The molecule has 3 rings (SSSR count). The second kappa shape index (κ2) is 13.5. The van der Waals surface area contributed by atoms with Gasteiger partial charge in [0, 0.05) is 42.7 Å². The van der Waals surface area contributed by atoms with Crippen molar-refractivity contribution in [2.45, 2.75) is 39.2 Å². The third-order valence-corrected chi connectivity index (χ3v) is 5.12. The Labute approximate surface area is 210 Å². The lowest BCUT2D eigenvalue weighted by atomic mass is 10.1. The van der Waals surface area contributed by atoms with Crippen molar-refractivity contribution in [3.05, 3.63) is 35.2 Å². The van der Waals surface area contributed by atoms with Gasteiger partial charge in [-0.3, -0.25) is 4.99 Å². The molecule has 2 heterocycles. The minimum absolute atomic E-state index is 0. The number of nitrogens with one attached hydrogen (secondary N) is 2. The summed E-state index contributed by atoms with van der Waals surface area (Å²) in [5, 5.41) is 11.4. The number of halogens is 2. The Kier molecular flexibility index (Phi) is 11.0. The Morgan fingerprint density at radius 2 is 2.00 bits per heavy atom. The fourth-order valence-electron chi connectivity index (χ4n) is 3.27. The molecule has 32 heavy (non-hydrogen) atoms. The predicted octanol–water partition coefficient (Wildman–Crippen LogP) is 3.73. The number of hydrogen-bond acceptors (Lipinski definition) is 6. The highest BCUT2D eigenvalue weighted by molar-refractivity contribution is 14.0. The summed E-state index contributed by atoms with van der Waals surface area (Å²) in [4.78, 5) is 22.6. The first-order valence-electron chi connectivity index (χ1n) is 10.6. The van der Waals surface area contributed by atoms with Crippen LogP contribution in [0.1, 0.15) is 32.6 Å². The van der Waals surface area contributed by atoms with E-state index in [0.29, 0.717) is 49.4 Å². The van der Waals surface area contributed by atoms with Gasteiger partial charge in [-0.05, 0) is 51.0 Å². The highest BCUT2D eigenvalue weighted by Gasteiger charge is 2.24. The second-order valence-corrected chi connectivity index (χ2v) is 7.57. The quantitative estimate of drug-likeness (QED) is 0.294. The van der Waals surface area contributed by atoms with Crippen molar-refractivity contribution >= 4 is 47.6 Å². The topological polar surface area (TPSA) is 105 Å². The van der Waals surface area contributed by atoms with Gasteiger partial charge in [-0.25, -0.2) is 4.79 Å². The predicted molar refractivity (Wildman–Crippen MR) is 135 cm³/mol. The summed E-state index contributed by atoms with van der Waals surface area (Å²) < 4.78 is 10.4. The molecule has 2 N–H and O–H groups in total. The Bertz CT molecular complexity index is 869. The average Bonchev–Trinajstić information content (AvgIpc) is 3.24. The number of piperidine rings is 1. The van der Waals surface area contributed by atoms with Crippen LogP contribution in [0.15, 0.2) is 33.8 Å². The van der Waals surface area contributed by atoms with Gasteiger partial charge < -0.3 is 24.8 Å². The van der Waals surface area contributed by atoms with Gasteiger partial charge in [0.2, 0.25) is 11.7 Å². The van der Waals surface area contributed by atoms with Gasteiger partial charge in [-0.1, -0.05) is 16.8 Å². The lowest BCUT2D eigenvalue weighted by Gasteiger charge is -2.32. The van der Waals surface area contributed by atoms with Gasteiger partial charge in [0.05, 0.1) is 13.2 Å². The van der Waals surface area contributed by atoms with E-state index in [9.17, 15) is 4.79 Å². The molecule has 1 aromatic carbocycles. The van der Waals surface area contributed by atoms with E-state index in [1.165, 1.54) is 0 Å². The molecule has 0 unspecified atom stereocenters. The summed E-state index contributed by atoms with van der Waals surface area (Å²) in [6.07, 6.45) is 1.99. The summed E-state index contributed by atoms with van der Waals surface area (Å²) in [6.45, 7) is 6.86. The van der Waals surface area contributed by atoms with Crippen LogP contribution in [0, 0.1) is 0 Å². The summed E-state index contributed by atoms with van der Waals surface area (Å²) >= 11 is 5.92. The van der Waals surface area contributed by atoms with Crippen LogP contribution in [-0.4, -0.2) is 65.9 Å². The Hall–Kier alpha value is -2.08. The number of aliphatic imine (C=N–C) groups is 1. The molecule has 1 saturated heterocycles. The summed E-state index contributed by atoms with van der Waals surface area (Å²) in [6, 6.07) is 7.56. The molecule has 0 atom stereocenters. The van der Waals surface area contributed by atoms with Crippen molar-refractivity contribution in [2.75, 3.05) is 32.8 Å². The zero-order valence-electron chi connectivity index (χ0n) is 18.3. The zero-order valence-corrected chi connectivity index (χ0v) is 21.4. The number of guanidine groups is 1. The van der Waals surface area contributed by atoms with Gasteiger partial charge in [-0.15, -0.1) is 24.0 Å². The van der Waals surface area contributed by atoms with Crippen LogP contribution >= 0.6 is 35.6 Å². The Balaban J connectivity index is 0.00000363. The largest absolute Gasteiger partial charge is 0.450 e. The molecule has 0 aliphatic carbocycles. The van der Waals surface area contributed by atoms with Gasteiger partial charge >= 0.3 is 6.09 Å². The zero-order chi connectivity index (χ0) is 22.1. The minimum Gasteiger partial charge on any atom is -0.450 e. The number of carbonyl (C=O) groups is 1. The highest BCUT2D eigenvalue weighted by atomic mass is 127. The number of nitrogens with zero attached hydrogens (tertiary/aromatic N) is 4. The second-order valence-electron chi connectivity index (χ2n) is 7.13. The summed E-state index contributed by atoms with van der Waals surface area (Å²) in [5.74, 6) is 1.82. The third-order valence-electron chi connectivity index (χ3n) is 4.87. The molecular weight excluding hydrogens is 547 g/mol. The first-order valence-corrected chi connectivity index (χ1v) is 11.0. The first-order chi connectivity index (χ1) is 15.1. The lowest BCUT2D eigenvalue weighted by molar-refractivity contribution is 0.0963. The van der Waals surface area contributed by atoms with E-state index in [-0.39, 0.29) is 36.1 Å². The molecule has 11 heteroatoms. The lowest BCUT2D eigenvalue weighted by Crippen LogP contribution is -2.50. The standard InChI is InChI=1S/C21H29ClN6O3.HI/c1-3-23-20(25-17-10-13-28(14-11-17)21(29)30-4-2)24-12-9-18-26-19(27-31-18)15-5-7-16(22)8-6-15;/h5-8,17H,3-4,9-14H2,1-2H3,(H2,23,24,25);1H. The molecule has 0 radical (unpaired) electrons. The number of ether oxygens (including phenoxy) is 1. The highest BCUT2D eigenvalue weighted by Crippen LogP contribution is 2.18. The molecule has 9 nitrogen and oxygen atoms in total. The number of likely N-dealkylation sites (tertiary alicyclic amines) is 1. The molecule has 1 aliphatic rings. The number of benzene rings is 1. The van der Waals surface area contributed by atoms with Crippen molar-refractivity contribution in [3.8, 4) is 11.4 Å². The Morgan fingerprint density at radius 1 is 1.28 bits per heavy atom. The molecule has 1 aliphatic heterocycles. The smallest absolute Gasteiger partial charge is 0.409 e. The van der Waals surface area contributed by atoms with Gasteiger partial charge in [-0.2, -0.15) is 4.98 Å². The first kappa shape index (κ1) is 26.2. The summed E-state index contributed by atoms with van der Waals surface area (Å²) in [7, 11) is 0. The SMILES string of the molecule is CCNC(=NCCc1nc(-c2ccc(Cl)cc2)no1)NC1CCN(C(=O)OCC)CC1.I. The Morgan fingerprint density at radius 3 is 2.66 bits per heavy atom. The van der Waals surface area contributed by atoms with Crippen molar-refractivity contribution in [1.82, 2.24) is 25.7 Å². The van der Waals surface area contributed by atoms with E-state index in [4.69, 9.17) is 20.9 Å². The number of amides is 1. The van der Waals surface area contributed by atoms with Gasteiger partial charge in [0.25, 0.3) is 0 Å². The van der Waals surface area contributed by atoms with Crippen LogP contribution in [0.5, 0.6) is 0 Å². The molecular formula is C21H30ClIN6O3. The fourth-order valence-corrected chi connectivity index (χ4v) is 3.40. The van der Waals surface area contributed by atoms with Crippen LogP contribution in [0.25, 0.3) is 11.4 Å². The molecule has 1 amide bonds.